The van der Waals surface area contributed by atoms with E-state index in [0.29, 0.717) is 17.2 Å². The van der Waals surface area contributed by atoms with Crippen molar-refractivity contribution < 1.29 is 28.3 Å². The van der Waals surface area contributed by atoms with E-state index < -0.39 is 18.5 Å². The van der Waals surface area contributed by atoms with Gasteiger partial charge in [0.05, 0.1) is 36.7 Å². The largest absolute Gasteiger partial charge is 0.497 e. The summed E-state index contributed by atoms with van der Waals surface area (Å²) in [6, 6.07) is 16.4. The SMILES string of the molecule is COc1cccc(C(=O)OCC(=O)Nc2ccccc2C(=O)NCc2ccco2)c1. The van der Waals surface area contributed by atoms with Crippen molar-refractivity contribution in [1.29, 1.82) is 0 Å². The molecule has 0 aliphatic rings. The molecule has 8 heteroatoms. The highest BCUT2D eigenvalue weighted by molar-refractivity contribution is 6.04. The normalized spacial score (nSPS) is 10.2. The lowest BCUT2D eigenvalue weighted by molar-refractivity contribution is -0.119. The number of para-hydroxylation sites is 1. The average Bonchev–Trinajstić information content (AvgIpc) is 3.30. The van der Waals surface area contributed by atoms with Crippen molar-refractivity contribution >= 4 is 23.5 Å². The van der Waals surface area contributed by atoms with Gasteiger partial charge in [0.15, 0.2) is 6.61 Å². The van der Waals surface area contributed by atoms with E-state index >= 15 is 0 Å². The summed E-state index contributed by atoms with van der Waals surface area (Å²) in [5, 5.41) is 5.31. The second kappa shape index (κ2) is 9.92. The van der Waals surface area contributed by atoms with Crippen molar-refractivity contribution in [2.24, 2.45) is 0 Å². The molecule has 3 rings (SSSR count). The molecule has 2 aromatic carbocycles. The lowest BCUT2D eigenvalue weighted by atomic mass is 10.1. The van der Waals surface area contributed by atoms with Crippen molar-refractivity contribution in [3.8, 4) is 5.75 Å². The van der Waals surface area contributed by atoms with Crippen LogP contribution in [0.3, 0.4) is 0 Å². The Bertz CT molecular complexity index is 1030. The molecule has 0 saturated heterocycles. The molecule has 0 fully saturated rings. The van der Waals surface area contributed by atoms with Crippen LogP contribution in [0.5, 0.6) is 5.75 Å². The van der Waals surface area contributed by atoms with Crippen molar-refractivity contribution in [3.05, 3.63) is 83.8 Å². The van der Waals surface area contributed by atoms with E-state index in [1.807, 2.05) is 0 Å². The summed E-state index contributed by atoms with van der Waals surface area (Å²) in [6.45, 7) is -0.287. The number of hydrogen-bond donors (Lipinski definition) is 2. The Balaban J connectivity index is 1.57. The predicted molar refractivity (Wildman–Crippen MR) is 108 cm³/mol. The van der Waals surface area contributed by atoms with Crippen LogP contribution in [0.25, 0.3) is 0 Å². The molecule has 0 bridgehead atoms. The first-order valence-corrected chi connectivity index (χ1v) is 9.07. The minimum absolute atomic E-state index is 0.215. The number of carbonyl (C=O) groups is 3. The number of amides is 2. The van der Waals surface area contributed by atoms with Crippen molar-refractivity contribution in [2.75, 3.05) is 19.0 Å². The maximum atomic E-state index is 12.5. The Labute approximate surface area is 172 Å². The molecule has 2 amide bonds. The second-order valence-electron chi connectivity index (χ2n) is 6.16. The summed E-state index contributed by atoms with van der Waals surface area (Å²) in [6.07, 6.45) is 1.52. The number of esters is 1. The second-order valence-corrected chi connectivity index (χ2v) is 6.16. The molecular formula is C22H20N2O6. The van der Waals surface area contributed by atoms with Crippen LogP contribution in [0.15, 0.2) is 71.3 Å². The lowest BCUT2D eigenvalue weighted by Gasteiger charge is -2.11. The van der Waals surface area contributed by atoms with Gasteiger partial charge in [0.25, 0.3) is 11.8 Å². The summed E-state index contributed by atoms with van der Waals surface area (Å²) < 4.78 is 15.3. The van der Waals surface area contributed by atoms with Gasteiger partial charge in [0.2, 0.25) is 0 Å². The third-order valence-corrected chi connectivity index (χ3v) is 4.09. The van der Waals surface area contributed by atoms with Gasteiger partial charge in [-0.1, -0.05) is 18.2 Å². The molecule has 8 nitrogen and oxygen atoms in total. The number of anilines is 1. The van der Waals surface area contributed by atoms with E-state index in [2.05, 4.69) is 10.6 Å². The van der Waals surface area contributed by atoms with Crippen LogP contribution in [0, 0.1) is 0 Å². The maximum absolute atomic E-state index is 12.5. The summed E-state index contributed by atoms with van der Waals surface area (Å²) in [7, 11) is 1.49. The molecule has 0 unspecified atom stereocenters. The molecule has 30 heavy (non-hydrogen) atoms. The Morgan fingerprint density at radius 3 is 2.60 bits per heavy atom. The van der Waals surface area contributed by atoms with Gasteiger partial charge in [0.1, 0.15) is 11.5 Å². The number of nitrogens with one attached hydrogen (secondary N) is 2. The first kappa shape index (κ1) is 20.7. The average molecular weight is 408 g/mol. The van der Waals surface area contributed by atoms with E-state index in [-0.39, 0.29) is 23.6 Å². The molecule has 0 aliphatic carbocycles. The van der Waals surface area contributed by atoms with Crippen LogP contribution >= 0.6 is 0 Å². The topological polar surface area (TPSA) is 107 Å². The summed E-state index contributed by atoms with van der Waals surface area (Å²) >= 11 is 0. The fourth-order valence-electron chi connectivity index (χ4n) is 2.62. The molecule has 3 aromatic rings. The van der Waals surface area contributed by atoms with Crippen LogP contribution in [-0.2, 0) is 16.1 Å². The van der Waals surface area contributed by atoms with E-state index in [1.54, 1.807) is 54.6 Å². The molecule has 0 radical (unpaired) electrons. The highest BCUT2D eigenvalue weighted by Gasteiger charge is 2.15. The fraction of sp³-hybridized carbons (Fsp3) is 0.136. The lowest BCUT2D eigenvalue weighted by Crippen LogP contribution is -2.26. The number of ether oxygens (including phenoxy) is 2. The Kier molecular flexibility index (Phi) is 6.83. The van der Waals surface area contributed by atoms with Crippen LogP contribution in [-0.4, -0.2) is 31.5 Å². The van der Waals surface area contributed by atoms with E-state index in [0.717, 1.165) is 0 Å². The van der Waals surface area contributed by atoms with Gasteiger partial charge in [-0.25, -0.2) is 4.79 Å². The van der Waals surface area contributed by atoms with Gasteiger partial charge in [-0.05, 0) is 42.5 Å². The van der Waals surface area contributed by atoms with Crippen LogP contribution in [0.2, 0.25) is 0 Å². The number of rotatable bonds is 8. The highest BCUT2D eigenvalue weighted by atomic mass is 16.5. The molecule has 0 atom stereocenters. The molecular weight excluding hydrogens is 388 g/mol. The molecule has 0 saturated carbocycles. The smallest absolute Gasteiger partial charge is 0.338 e. The molecule has 154 valence electrons. The number of benzene rings is 2. The van der Waals surface area contributed by atoms with Gasteiger partial charge in [-0.15, -0.1) is 0 Å². The number of carbonyl (C=O) groups excluding carboxylic acids is 3. The van der Waals surface area contributed by atoms with Gasteiger partial charge in [-0.3, -0.25) is 9.59 Å². The van der Waals surface area contributed by atoms with Crippen molar-refractivity contribution in [1.82, 2.24) is 5.32 Å². The number of methoxy groups -OCH3 is 1. The highest BCUT2D eigenvalue weighted by Crippen LogP contribution is 2.16. The minimum atomic E-state index is -0.659. The molecule has 2 N–H and O–H groups in total. The van der Waals surface area contributed by atoms with E-state index in [1.165, 1.54) is 19.4 Å². The fourth-order valence-corrected chi connectivity index (χ4v) is 2.62. The Hall–Kier alpha value is -4.07. The third-order valence-electron chi connectivity index (χ3n) is 4.09. The van der Waals surface area contributed by atoms with Gasteiger partial charge < -0.3 is 24.5 Å². The summed E-state index contributed by atoms with van der Waals surface area (Å²) in [5.41, 5.74) is 0.841. The quantitative estimate of drug-likeness (QED) is 0.555. The first-order valence-electron chi connectivity index (χ1n) is 9.07. The monoisotopic (exact) mass is 408 g/mol. The van der Waals surface area contributed by atoms with Crippen molar-refractivity contribution in [2.45, 2.75) is 6.54 Å². The zero-order valence-corrected chi connectivity index (χ0v) is 16.2. The third kappa shape index (κ3) is 5.48. The zero-order chi connectivity index (χ0) is 21.3. The van der Waals surface area contributed by atoms with Crippen molar-refractivity contribution in [3.63, 3.8) is 0 Å². The summed E-state index contributed by atoms with van der Waals surface area (Å²) in [4.78, 5) is 36.8. The zero-order valence-electron chi connectivity index (χ0n) is 16.2. The molecule has 0 aliphatic heterocycles. The molecule has 1 aromatic heterocycles. The minimum Gasteiger partial charge on any atom is -0.497 e. The van der Waals surface area contributed by atoms with Gasteiger partial charge >= 0.3 is 5.97 Å². The van der Waals surface area contributed by atoms with Crippen LogP contribution < -0.4 is 15.4 Å². The Morgan fingerprint density at radius 1 is 1.00 bits per heavy atom. The standard InChI is InChI=1S/C22H20N2O6/c1-28-16-7-4-6-15(12-16)22(27)30-14-20(25)24-19-10-3-2-9-18(19)21(26)23-13-17-8-5-11-29-17/h2-12H,13-14H2,1H3,(H,23,26)(H,24,25). The van der Waals surface area contributed by atoms with Crippen LogP contribution in [0.4, 0.5) is 5.69 Å². The van der Waals surface area contributed by atoms with Crippen LogP contribution in [0.1, 0.15) is 26.5 Å². The molecule has 0 spiro atoms. The first-order chi connectivity index (χ1) is 14.6. The Morgan fingerprint density at radius 2 is 1.83 bits per heavy atom. The van der Waals surface area contributed by atoms with E-state index in [9.17, 15) is 14.4 Å². The van der Waals surface area contributed by atoms with Gasteiger partial charge in [0, 0.05) is 0 Å². The number of furan rings is 1. The predicted octanol–water partition coefficient (Wildman–Crippen LogP) is 3.01. The maximum Gasteiger partial charge on any atom is 0.338 e. The number of hydrogen-bond acceptors (Lipinski definition) is 6. The summed E-state index contributed by atoms with van der Waals surface area (Å²) in [5.74, 6) is -0.501. The molecule has 1 heterocycles. The van der Waals surface area contributed by atoms with E-state index in [4.69, 9.17) is 13.9 Å². The van der Waals surface area contributed by atoms with Gasteiger partial charge in [-0.2, -0.15) is 0 Å².